The van der Waals surface area contributed by atoms with E-state index in [1.165, 1.54) is 6.20 Å². The van der Waals surface area contributed by atoms with Gasteiger partial charge in [0.1, 0.15) is 11.6 Å². The molecule has 6 nitrogen and oxygen atoms in total. The summed E-state index contributed by atoms with van der Waals surface area (Å²) >= 11 is 0. The van der Waals surface area contributed by atoms with Gasteiger partial charge in [-0.2, -0.15) is 5.26 Å². The Hall–Kier alpha value is -3.59. The summed E-state index contributed by atoms with van der Waals surface area (Å²) in [6.45, 7) is 0.761. The van der Waals surface area contributed by atoms with Gasteiger partial charge in [-0.05, 0) is 11.1 Å². The first-order chi connectivity index (χ1) is 12.2. The van der Waals surface area contributed by atoms with Crippen LogP contribution in [0, 0.1) is 11.3 Å². The molecule has 2 rings (SSSR count). The van der Waals surface area contributed by atoms with Crippen LogP contribution >= 0.6 is 0 Å². The number of urea groups is 1. The fourth-order valence-electron chi connectivity index (χ4n) is 2.01. The lowest BCUT2D eigenvalue weighted by Gasteiger charge is -2.07. The minimum absolute atomic E-state index is 0.175. The molecule has 25 heavy (non-hydrogen) atoms. The van der Waals surface area contributed by atoms with Crippen molar-refractivity contribution in [2.75, 3.05) is 0 Å². The van der Waals surface area contributed by atoms with E-state index in [9.17, 15) is 9.59 Å². The Balaban J connectivity index is 1.81. The number of nitrogens with zero attached hydrogens (tertiary/aromatic N) is 1. The molecule has 6 heteroatoms. The van der Waals surface area contributed by atoms with E-state index in [0.717, 1.165) is 11.1 Å². The Labute approximate surface area is 146 Å². The first kappa shape index (κ1) is 17.8. The van der Waals surface area contributed by atoms with E-state index in [1.807, 2.05) is 60.7 Å². The van der Waals surface area contributed by atoms with Gasteiger partial charge in [0.15, 0.2) is 0 Å². The fraction of sp³-hybridized carbons (Fsp3) is 0.105. The standard InChI is InChI=1S/C19H18N4O2/c20-11-17(14-21-12-15-7-3-1-4-8-15)18(24)23-19(25)22-13-16-9-5-2-6-10-16/h1-10,14,21H,12-13H2,(H2,22,23,24,25)/b17-14-. The predicted molar refractivity (Wildman–Crippen MR) is 93.8 cm³/mol. The topological polar surface area (TPSA) is 94.0 Å². The van der Waals surface area contributed by atoms with Crippen LogP contribution in [0.15, 0.2) is 72.4 Å². The Bertz CT molecular complexity index is 780. The van der Waals surface area contributed by atoms with Gasteiger partial charge in [0.2, 0.25) is 0 Å². The van der Waals surface area contributed by atoms with Crippen LogP contribution in [-0.4, -0.2) is 11.9 Å². The predicted octanol–water partition coefficient (Wildman–Crippen LogP) is 2.21. The number of imide groups is 1. The molecule has 0 unspecified atom stereocenters. The van der Waals surface area contributed by atoms with Gasteiger partial charge in [0, 0.05) is 19.3 Å². The van der Waals surface area contributed by atoms with Crippen molar-refractivity contribution in [1.82, 2.24) is 16.0 Å². The van der Waals surface area contributed by atoms with Gasteiger partial charge in [-0.15, -0.1) is 0 Å². The maximum Gasteiger partial charge on any atom is 0.321 e. The average Bonchev–Trinajstić information content (AvgIpc) is 2.65. The summed E-state index contributed by atoms with van der Waals surface area (Å²) in [7, 11) is 0. The van der Waals surface area contributed by atoms with Crippen molar-refractivity contribution < 1.29 is 9.59 Å². The number of carbonyl (C=O) groups is 2. The number of nitrogens with one attached hydrogen (secondary N) is 3. The lowest BCUT2D eigenvalue weighted by molar-refractivity contribution is -0.116. The van der Waals surface area contributed by atoms with Crippen LogP contribution in [0.3, 0.4) is 0 Å². The highest BCUT2D eigenvalue weighted by atomic mass is 16.2. The number of carbonyl (C=O) groups excluding carboxylic acids is 2. The Morgan fingerprint density at radius 1 is 0.920 bits per heavy atom. The van der Waals surface area contributed by atoms with Crippen molar-refractivity contribution in [3.05, 3.63) is 83.6 Å². The average molecular weight is 334 g/mol. The summed E-state index contributed by atoms with van der Waals surface area (Å²) in [5, 5.41) is 16.6. The number of nitriles is 1. The second-order valence-corrected chi connectivity index (χ2v) is 5.16. The van der Waals surface area contributed by atoms with Crippen molar-refractivity contribution in [3.63, 3.8) is 0 Å². The van der Waals surface area contributed by atoms with Crippen molar-refractivity contribution >= 4 is 11.9 Å². The quantitative estimate of drug-likeness (QED) is 0.558. The molecule has 3 N–H and O–H groups in total. The minimum atomic E-state index is -0.756. The van der Waals surface area contributed by atoms with Gasteiger partial charge in [-0.25, -0.2) is 4.79 Å². The van der Waals surface area contributed by atoms with Crippen LogP contribution in [0.1, 0.15) is 11.1 Å². The molecule has 0 atom stereocenters. The molecule has 0 bridgehead atoms. The SMILES string of the molecule is N#C/C(=C/NCc1ccccc1)C(=O)NC(=O)NCc1ccccc1. The van der Waals surface area contributed by atoms with Crippen LogP contribution in [-0.2, 0) is 17.9 Å². The third kappa shape index (κ3) is 6.20. The van der Waals surface area contributed by atoms with E-state index >= 15 is 0 Å². The maximum atomic E-state index is 11.9. The number of rotatable bonds is 6. The first-order valence-electron chi connectivity index (χ1n) is 7.69. The molecule has 0 heterocycles. The van der Waals surface area contributed by atoms with E-state index in [4.69, 9.17) is 5.26 Å². The zero-order valence-electron chi connectivity index (χ0n) is 13.5. The molecule has 3 amide bonds. The van der Waals surface area contributed by atoms with Crippen molar-refractivity contribution in [3.8, 4) is 6.07 Å². The van der Waals surface area contributed by atoms with Crippen molar-refractivity contribution in [2.24, 2.45) is 0 Å². The molecule has 0 fully saturated rings. The zero-order chi connectivity index (χ0) is 17.9. The van der Waals surface area contributed by atoms with E-state index in [0.29, 0.717) is 6.54 Å². The molecular formula is C19H18N4O2. The fourth-order valence-corrected chi connectivity index (χ4v) is 2.01. The van der Waals surface area contributed by atoms with Gasteiger partial charge in [-0.3, -0.25) is 10.1 Å². The van der Waals surface area contributed by atoms with Crippen LogP contribution in [0.2, 0.25) is 0 Å². The maximum absolute atomic E-state index is 11.9. The van der Waals surface area contributed by atoms with Crippen LogP contribution in [0.25, 0.3) is 0 Å². The number of amides is 3. The van der Waals surface area contributed by atoms with Crippen molar-refractivity contribution in [2.45, 2.75) is 13.1 Å². The molecule has 0 radical (unpaired) electrons. The molecule has 0 aromatic heterocycles. The second kappa shape index (κ2) is 9.53. The monoisotopic (exact) mass is 334 g/mol. The first-order valence-corrected chi connectivity index (χ1v) is 7.69. The number of hydrogen-bond donors (Lipinski definition) is 3. The highest BCUT2D eigenvalue weighted by Gasteiger charge is 2.12. The van der Waals surface area contributed by atoms with E-state index in [2.05, 4.69) is 16.0 Å². The largest absolute Gasteiger partial charge is 0.386 e. The van der Waals surface area contributed by atoms with Crippen LogP contribution in [0.5, 0.6) is 0 Å². The molecular weight excluding hydrogens is 316 g/mol. The van der Waals surface area contributed by atoms with E-state index in [-0.39, 0.29) is 12.1 Å². The van der Waals surface area contributed by atoms with Crippen LogP contribution in [0.4, 0.5) is 4.79 Å². The lowest BCUT2D eigenvalue weighted by atomic mass is 10.2. The summed E-state index contributed by atoms with van der Waals surface area (Å²) in [4.78, 5) is 23.7. The van der Waals surface area contributed by atoms with Crippen molar-refractivity contribution in [1.29, 1.82) is 5.26 Å². The number of benzene rings is 2. The van der Waals surface area contributed by atoms with E-state index in [1.54, 1.807) is 6.07 Å². The molecule has 2 aromatic rings. The van der Waals surface area contributed by atoms with Crippen LogP contribution < -0.4 is 16.0 Å². The highest BCUT2D eigenvalue weighted by Crippen LogP contribution is 1.99. The van der Waals surface area contributed by atoms with Gasteiger partial charge >= 0.3 is 6.03 Å². The Kier molecular flexibility index (Phi) is 6.77. The molecule has 0 aliphatic carbocycles. The smallest absolute Gasteiger partial charge is 0.321 e. The summed E-state index contributed by atoms with van der Waals surface area (Å²) in [5.41, 5.74) is 1.74. The normalized spacial score (nSPS) is 10.4. The second-order valence-electron chi connectivity index (χ2n) is 5.16. The minimum Gasteiger partial charge on any atom is -0.386 e. The summed E-state index contributed by atoms with van der Waals surface area (Å²) in [5.74, 6) is -0.756. The molecule has 0 aliphatic heterocycles. The van der Waals surface area contributed by atoms with Gasteiger partial charge in [0.25, 0.3) is 5.91 Å². The van der Waals surface area contributed by atoms with Gasteiger partial charge < -0.3 is 10.6 Å². The van der Waals surface area contributed by atoms with Gasteiger partial charge in [0.05, 0.1) is 0 Å². The molecule has 0 saturated heterocycles. The zero-order valence-corrected chi connectivity index (χ0v) is 13.5. The third-order valence-electron chi connectivity index (χ3n) is 3.28. The summed E-state index contributed by atoms with van der Waals surface area (Å²) in [6.07, 6.45) is 1.30. The third-order valence-corrected chi connectivity index (χ3v) is 3.28. The lowest BCUT2D eigenvalue weighted by Crippen LogP contribution is -2.39. The molecule has 0 spiro atoms. The molecule has 126 valence electrons. The molecule has 0 saturated carbocycles. The molecule has 2 aromatic carbocycles. The van der Waals surface area contributed by atoms with E-state index < -0.39 is 11.9 Å². The summed E-state index contributed by atoms with van der Waals surface area (Å²) in [6, 6.07) is 20.0. The Morgan fingerprint density at radius 2 is 1.48 bits per heavy atom. The van der Waals surface area contributed by atoms with Gasteiger partial charge in [-0.1, -0.05) is 60.7 Å². The number of hydrogen-bond acceptors (Lipinski definition) is 4. The Morgan fingerprint density at radius 3 is 2.04 bits per heavy atom. The summed E-state index contributed by atoms with van der Waals surface area (Å²) < 4.78 is 0. The molecule has 0 aliphatic rings. The highest BCUT2D eigenvalue weighted by molar-refractivity contribution is 6.06.